The Labute approximate surface area is 60.8 Å². The summed E-state index contributed by atoms with van der Waals surface area (Å²) in [6.45, 7) is 0. The van der Waals surface area contributed by atoms with E-state index < -0.39 is 8.03 Å². The molecule has 0 saturated carbocycles. The van der Waals surface area contributed by atoms with Gasteiger partial charge in [0.15, 0.2) is 6.16 Å². The van der Waals surface area contributed by atoms with Crippen LogP contribution in [0.4, 0.5) is 0 Å². The van der Waals surface area contributed by atoms with Gasteiger partial charge < -0.3 is 10.6 Å². The lowest BCUT2D eigenvalue weighted by atomic mass is 10.2. The van der Waals surface area contributed by atoms with E-state index in [1.54, 1.807) is 0 Å². The van der Waals surface area contributed by atoms with Gasteiger partial charge in [0.2, 0.25) is 0 Å². The molecule has 10 heavy (non-hydrogen) atoms. The second-order valence-electron chi connectivity index (χ2n) is 2.52. The maximum absolute atomic E-state index is 10.2. The average molecular weight is 159 g/mol. The molecular formula is C6H10NO2P. The molecule has 1 aliphatic carbocycles. The van der Waals surface area contributed by atoms with Crippen molar-refractivity contribution in [1.82, 2.24) is 0 Å². The second kappa shape index (κ2) is 3.24. The van der Waals surface area contributed by atoms with Gasteiger partial charge in [0.25, 0.3) is 0 Å². The predicted octanol–water partition coefficient (Wildman–Crippen LogP) is 0.137. The summed E-state index contributed by atoms with van der Waals surface area (Å²) >= 11 is 0. The van der Waals surface area contributed by atoms with Gasteiger partial charge in [0.05, 0.1) is 0 Å². The fourth-order valence-corrected chi connectivity index (χ4v) is 1.71. The summed E-state index contributed by atoms with van der Waals surface area (Å²) in [5.41, 5.74) is 6.50. The average Bonchev–Trinajstić information content (AvgIpc) is 2.13. The molecule has 2 N–H and O–H groups in total. The number of hydrogen-bond acceptors (Lipinski definition) is 3. The summed E-state index contributed by atoms with van der Waals surface area (Å²) in [5, 5.41) is 0. The lowest BCUT2D eigenvalue weighted by Crippen LogP contribution is -2.11. The zero-order valence-corrected chi connectivity index (χ0v) is 6.51. The Morgan fingerprint density at radius 3 is 3.00 bits per heavy atom. The van der Waals surface area contributed by atoms with Gasteiger partial charge in [-0.15, -0.1) is 0 Å². The van der Waals surface area contributed by atoms with Crippen molar-refractivity contribution >= 4 is 8.03 Å². The van der Waals surface area contributed by atoms with Crippen LogP contribution in [0.25, 0.3) is 0 Å². The highest BCUT2D eigenvalue weighted by Crippen LogP contribution is 2.23. The Kier molecular flexibility index (Phi) is 2.55. The van der Waals surface area contributed by atoms with Crippen molar-refractivity contribution in [2.45, 2.75) is 18.9 Å². The molecule has 0 fully saturated rings. The summed E-state index contributed by atoms with van der Waals surface area (Å²) < 4.78 is 10.2. The highest BCUT2D eigenvalue weighted by atomic mass is 31.1. The summed E-state index contributed by atoms with van der Waals surface area (Å²) in [6.07, 6.45) is 3.80. The van der Waals surface area contributed by atoms with Crippen molar-refractivity contribution < 1.29 is 9.46 Å². The highest BCUT2D eigenvalue weighted by molar-refractivity contribution is 7.36. The van der Waals surface area contributed by atoms with Crippen molar-refractivity contribution in [1.29, 1.82) is 0 Å². The van der Waals surface area contributed by atoms with E-state index >= 15 is 0 Å². The lowest BCUT2D eigenvalue weighted by molar-refractivity contribution is -0.163. The zero-order valence-electron chi connectivity index (χ0n) is 5.62. The Hall–Kier alpha value is -0.240. The molecule has 56 valence electrons. The quantitative estimate of drug-likeness (QED) is 0.460. The smallest absolute Gasteiger partial charge is 0.313 e. The van der Waals surface area contributed by atoms with Gasteiger partial charge in [-0.3, -0.25) is 0 Å². The molecule has 3 nitrogen and oxygen atoms in total. The molecular weight excluding hydrogens is 149 g/mol. The molecule has 0 radical (unpaired) electrons. The van der Waals surface area contributed by atoms with E-state index in [1.807, 2.05) is 6.08 Å². The fraction of sp³-hybridized carbons (Fsp3) is 0.667. The van der Waals surface area contributed by atoms with Crippen LogP contribution in [0.3, 0.4) is 0 Å². The summed E-state index contributed by atoms with van der Waals surface area (Å²) in [4.78, 5) is 10.2. The van der Waals surface area contributed by atoms with E-state index in [4.69, 9.17) is 5.73 Å². The third-order valence-electron chi connectivity index (χ3n) is 1.58. The SMILES string of the molecule is NC1C=C(C[P+](=O)[O-])CC1. The van der Waals surface area contributed by atoms with Crippen LogP contribution in [-0.4, -0.2) is 12.2 Å². The molecule has 0 amide bonds. The van der Waals surface area contributed by atoms with E-state index in [2.05, 4.69) is 0 Å². The molecule has 1 aliphatic rings. The molecule has 4 heteroatoms. The Morgan fingerprint density at radius 1 is 1.90 bits per heavy atom. The van der Waals surface area contributed by atoms with Gasteiger partial charge in [-0.1, -0.05) is 10.6 Å². The first-order valence-electron chi connectivity index (χ1n) is 3.25. The van der Waals surface area contributed by atoms with E-state index in [1.165, 1.54) is 0 Å². The largest absolute Gasteiger partial charge is 0.595 e. The molecule has 0 aliphatic heterocycles. The van der Waals surface area contributed by atoms with Gasteiger partial charge in [-0.2, -0.15) is 0 Å². The Morgan fingerprint density at radius 2 is 2.60 bits per heavy atom. The third-order valence-corrected chi connectivity index (χ3v) is 2.25. The fourth-order valence-electron chi connectivity index (χ4n) is 1.12. The van der Waals surface area contributed by atoms with E-state index in [0.29, 0.717) is 0 Å². The van der Waals surface area contributed by atoms with Crippen molar-refractivity contribution in [2.75, 3.05) is 6.16 Å². The lowest BCUT2D eigenvalue weighted by Gasteiger charge is -1.90. The molecule has 0 saturated heterocycles. The maximum atomic E-state index is 10.2. The van der Waals surface area contributed by atoms with Crippen LogP contribution in [0, 0.1) is 0 Å². The minimum Gasteiger partial charge on any atom is -0.595 e. The number of nitrogens with two attached hydrogens (primary N) is 1. The minimum atomic E-state index is -2.25. The second-order valence-corrected chi connectivity index (χ2v) is 3.50. The molecule has 0 heterocycles. The van der Waals surface area contributed by atoms with Crippen molar-refractivity contribution in [3.05, 3.63) is 11.6 Å². The van der Waals surface area contributed by atoms with Crippen LogP contribution in [0.5, 0.6) is 0 Å². The molecule has 0 aromatic carbocycles. The normalized spacial score (nSPS) is 26.4. The van der Waals surface area contributed by atoms with Crippen LogP contribution in [0.2, 0.25) is 0 Å². The van der Waals surface area contributed by atoms with Crippen LogP contribution >= 0.6 is 8.03 Å². The molecule has 0 aromatic heterocycles. The molecule has 0 aromatic rings. The first-order chi connectivity index (χ1) is 4.68. The van der Waals surface area contributed by atoms with E-state index in [9.17, 15) is 9.46 Å². The number of allylic oxidation sites excluding steroid dienone is 1. The molecule has 2 unspecified atom stereocenters. The molecule has 0 bridgehead atoms. The maximum Gasteiger partial charge on any atom is 0.313 e. The standard InChI is InChI=1S/C6H10NO2P/c7-6-2-1-5(3-6)4-10(8)9/h3,6H,1-2,4,7H2. The highest BCUT2D eigenvalue weighted by Gasteiger charge is 2.15. The molecule has 2 atom stereocenters. The van der Waals surface area contributed by atoms with Crippen LogP contribution in [-0.2, 0) is 4.57 Å². The third kappa shape index (κ3) is 2.18. The van der Waals surface area contributed by atoms with Gasteiger partial charge in [-0.25, -0.2) is 0 Å². The molecule has 1 rings (SSSR count). The summed E-state index contributed by atoms with van der Waals surface area (Å²) in [7, 11) is -2.25. The Balaban J connectivity index is 2.43. The zero-order chi connectivity index (χ0) is 7.56. The number of hydrogen-bond donors (Lipinski definition) is 1. The minimum absolute atomic E-state index is 0.0879. The van der Waals surface area contributed by atoms with Crippen LogP contribution in [0.1, 0.15) is 12.8 Å². The predicted molar refractivity (Wildman–Crippen MR) is 37.8 cm³/mol. The Bertz CT molecular complexity index is 179. The summed E-state index contributed by atoms with van der Waals surface area (Å²) in [6, 6.07) is 0.0879. The number of rotatable bonds is 2. The van der Waals surface area contributed by atoms with Crippen molar-refractivity contribution in [3.63, 3.8) is 0 Å². The van der Waals surface area contributed by atoms with Crippen LogP contribution in [0.15, 0.2) is 11.6 Å². The van der Waals surface area contributed by atoms with Crippen molar-refractivity contribution in [2.24, 2.45) is 5.73 Å². The van der Waals surface area contributed by atoms with Gasteiger partial charge in [0.1, 0.15) is 0 Å². The van der Waals surface area contributed by atoms with Gasteiger partial charge in [-0.05, 0) is 18.4 Å². The van der Waals surface area contributed by atoms with Crippen molar-refractivity contribution in [3.8, 4) is 0 Å². The topological polar surface area (TPSA) is 66.2 Å². The first kappa shape index (κ1) is 7.86. The van der Waals surface area contributed by atoms with Gasteiger partial charge >= 0.3 is 8.03 Å². The van der Waals surface area contributed by atoms with Gasteiger partial charge in [0, 0.05) is 6.04 Å². The molecule has 0 spiro atoms. The monoisotopic (exact) mass is 159 g/mol. The first-order valence-corrected chi connectivity index (χ1v) is 4.61. The van der Waals surface area contributed by atoms with E-state index in [0.717, 1.165) is 18.4 Å². The summed E-state index contributed by atoms with van der Waals surface area (Å²) in [5.74, 6) is 0. The van der Waals surface area contributed by atoms with Crippen LogP contribution < -0.4 is 10.6 Å². The van der Waals surface area contributed by atoms with E-state index in [-0.39, 0.29) is 12.2 Å².